The second kappa shape index (κ2) is 7.39. The molecule has 0 radical (unpaired) electrons. The summed E-state index contributed by atoms with van der Waals surface area (Å²) in [6, 6.07) is 0.484. The summed E-state index contributed by atoms with van der Waals surface area (Å²) < 4.78 is 12.1. The van der Waals surface area contributed by atoms with Crippen LogP contribution < -0.4 is 5.32 Å². The molecule has 0 aliphatic heterocycles. The monoisotopic (exact) mass is 231 g/mol. The molecule has 0 saturated heterocycles. The second-order valence-electron chi connectivity index (χ2n) is 4.51. The van der Waals surface area contributed by atoms with Gasteiger partial charge in [0.05, 0.1) is 5.25 Å². The third-order valence-electron chi connectivity index (χ3n) is 3.32. The Hall–Kier alpha value is 0.110. The largest absolute Gasteiger partial charge is 0.316 e. The molecule has 1 aliphatic carbocycles. The predicted molar refractivity (Wildman–Crippen MR) is 67.6 cm³/mol. The first-order valence-electron chi connectivity index (χ1n) is 6.34. The first kappa shape index (κ1) is 13.2. The van der Waals surface area contributed by atoms with Crippen LogP contribution in [0.15, 0.2) is 0 Å². The fraction of sp³-hybridized carbons (Fsp3) is 1.00. The van der Waals surface area contributed by atoms with Crippen LogP contribution in [0.1, 0.15) is 51.9 Å². The molecule has 0 aromatic carbocycles. The lowest BCUT2D eigenvalue weighted by Crippen LogP contribution is -2.41. The highest BCUT2D eigenvalue weighted by Crippen LogP contribution is 2.21. The molecule has 3 atom stereocenters. The Balaban J connectivity index is 2.56. The van der Waals surface area contributed by atoms with E-state index in [0.29, 0.717) is 11.3 Å². The van der Waals surface area contributed by atoms with Gasteiger partial charge in [0.1, 0.15) is 0 Å². The van der Waals surface area contributed by atoms with Crippen LogP contribution in [0.4, 0.5) is 0 Å². The summed E-state index contributed by atoms with van der Waals surface area (Å²) in [6.07, 6.45) is 8.64. The molecule has 2 nitrogen and oxygen atoms in total. The Kier molecular flexibility index (Phi) is 6.50. The summed E-state index contributed by atoms with van der Waals surface area (Å²) in [5.74, 6) is 0.878. The molecule has 1 saturated carbocycles. The summed E-state index contributed by atoms with van der Waals surface area (Å²) in [5, 5.41) is 3.77. The van der Waals surface area contributed by atoms with Crippen LogP contribution in [0, 0.1) is 0 Å². The Morgan fingerprint density at radius 3 is 2.47 bits per heavy atom. The lowest BCUT2D eigenvalue weighted by atomic mass is 9.96. The molecule has 15 heavy (non-hydrogen) atoms. The summed E-state index contributed by atoms with van der Waals surface area (Å²) in [4.78, 5) is 0. The number of hydrogen-bond acceptors (Lipinski definition) is 2. The Morgan fingerprint density at radius 1 is 1.20 bits per heavy atom. The normalized spacial score (nSPS) is 30.5. The van der Waals surface area contributed by atoms with Gasteiger partial charge in [-0.3, -0.25) is 4.21 Å². The number of hydrogen-bond donors (Lipinski definition) is 1. The van der Waals surface area contributed by atoms with E-state index in [9.17, 15) is 4.21 Å². The van der Waals surface area contributed by atoms with Gasteiger partial charge in [0.15, 0.2) is 0 Å². The van der Waals surface area contributed by atoms with Crippen molar-refractivity contribution in [2.45, 2.75) is 63.2 Å². The van der Waals surface area contributed by atoms with Gasteiger partial charge in [0, 0.05) is 22.6 Å². The van der Waals surface area contributed by atoms with E-state index >= 15 is 0 Å². The minimum Gasteiger partial charge on any atom is -0.316 e. The molecule has 3 unspecified atom stereocenters. The van der Waals surface area contributed by atoms with Gasteiger partial charge < -0.3 is 5.32 Å². The van der Waals surface area contributed by atoms with E-state index in [2.05, 4.69) is 12.2 Å². The maximum Gasteiger partial charge on any atom is 0.0501 e. The maximum atomic E-state index is 12.1. The standard InChI is InChI=1S/C12H25NOS/c1-3-10-15(14)12-9-7-5-4-6-8-11(12)13-2/h11-13H,3-10H2,1-2H3. The third kappa shape index (κ3) is 4.23. The first-order valence-corrected chi connectivity index (χ1v) is 7.72. The second-order valence-corrected chi connectivity index (χ2v) is 6.29. The van der Waals surface area contributed by atoms with E-state index in [0.717, 1.165) is 18.6 Å². The lowest BCUT2D eigenvalue weighted by Gasteiger charge is -2.28. The SMILES string of the molecule is CCCS(=O)C1CCCCCCC1NC. The van der Waals surface area contributed by atoms with E-state index < -0.39 is 10.8 Å². The van der Waals surface area contributed by atoms with Crippen molar-refractivity contribution >= 4 is 10.8 Å². The Labute approximate surface area is 96.7 Å². The van der Waals surface area contributed by atoms with Crippen molar-refractivity contribution < 1.29 is 4.21 Å². The molecule has 0 amide bonds. The molecule has 1 aliphatic rings. The van der Waals surface area contributed by atoms with Crippen molar-refractivity contribution in [3.8, 4) is 0 Å². The van der Waals surface area contributed by atoms with Gasteiger partial charge in [-0.05, 0) is 26.3 Å². The maximum absolute atomic E-state index is 12.1. The van der Waals surface area contributed by atoms with Crippen LogP contribution in [-0.2, 0) is 10.8 Å². The zero-order valence-corrected chi connectivity index (χ0v) is 10.9. The highest BCUT2D eigenvalue weighted by molar-refractivity contribution is 7.85. The summed E-state index contributed by atoms with van der Waals surface area (Å²) in [6.45, 7) is 2.12. The van der Waals surface area contributed by atoms with Crippen LogP contribution in [0.2, 0.25) is 0 Å². The van der Waals surface area contributed by atoms with Gasteiger partial charge in [-0.1, -0.05) is 32.6 Å². The molecule has 0 bridgehead atoms. The molecular formula is C12H25NOS. The smallest absolute Gasteiger partial charge is 0.0501 e. The summed E-state index contributed by atoms with van der Waals surface area (Å²) in [5.41, 5.74) is 0. The van der Waals surface area contributed by atoms with Crippen LogP contribution in [0.3, 0.4) is 0 Å². The van der Waals surface area contributed by atoms with E-state index in [1.807, 2.05) is 7.05 Å². The first-order chi connectivity index (χ1) is 7.29. The Morgan fingerprint density at radius 2 is 1.87 bits per heavy atom. The van der Waals surface area contributed by atoms with Crippen molar-refractivity contribution in [2.75, 3.05) is 12.8 Å². The molecule has 1 N–H and O–H groups in total. The van der Waals surface area contributed by atoms with E-state index in [-0.39, 0.29) is 0 Å². The topological polar surface area (TPSA) is 29.1 Å². The van der Waals surface area contributed by atoms with E-state index in [4.69, 9.17) is 0 Å². The molecule has 3 heteroatoms. The highest BCUT2D eigenvalue weighted by Gasteiger charge is 2.25. The molecular weight excluding hydrogens is 206 g/mol. The molecule has 0 aromatic heterocycles. The highest BCUT2D eigenvalue weighted by atomic mass is 32.2. The minimum atomic E-state index is -0.618. The third-order valence-corrected chi connectivity index (χ3v) is 5.37. The van der Waals surface area contributed by atoms with Crippen molar-refractivity contribution in [3.63, 3.8) is 0 Å². The Bertz CT molecular complexity index is 196. The average molecular weight is 231 g/mol. The molecule has 1 fully saturated rings. The van der Waals surface area contributed by atoms with E-state index in [1.165, 1.54) is 32.1 Å². The predicted octanol–water partition coefficient (Wildman–Crippen LogP) is 2.46. The zero-order valence-electron chi connectivity index (χ0n) is 10.1. The zero-order chi connectivity index (χ0) is 11.1. The van der Waals surface area contributed by atoms with Crippen molar-refractivity contribution in [2.24, 2.45) is 0 Å². The van der Waals surface area contributed by atoms with Gasteiger partial charge in [-0.25, -0.2) is 0 Å². The van der Waals surface area contributed by atoms with Gasteiger partial charge in [-0.2, -0.15) is 0 Å². The van der Waals surface area contributed by atoms with Crippen LogP contribution in [-0.4, -0.2) is 28.3 Å². The molecule has 1 rings (SSSR count). The van der Waals surface area contributed by atoms with Crippen molar-refractivity contribution in [1.29, 1.82) is 0 Å². The molecule has 0 heterocycles. The summed E-state index contributed by atoms with van der Waals surface area (Å²) in [7, 11) is 1.40. The number of nitrogens with one attached hydrogen (secondary N) is 1. The fourth-order valence-electron chi connectivity index (χ4n) is 2.45. The van der Waals surface area contributed by atoms with Crippen LogP contribution in [0.25, 0.3) is 0 Å². The van der Waals surface area contributed by atoms with Crippen molar-refractivity contribution in [3.05, 3.63) is 0 Å². The van der Waals surface area contributed by atoms with Gasteiger partial charge in [0.25, 0.3) is 0 Å². The fourth-order valence-corrected chi connectivity index (χ4v) is 4.22. The molecule has 90 valence electrons. The van der Waals surface area contributed by atoms with Gasteiger partial charge in [-0.15, -0.1) is 0 Å². The lowest BCUT2D eigenvalue weighted by molar-refractivity contribution is 0.414. The molecule has 0 spiro atoms. The summed E-state index contributed by atoms with van der Waals surface area (Å²) >= 11 is 0. The van der Waals surface area contributed by atoms with Crippen molar-refractivity contribution in [1.82, 2.24) is 5.32 Å². The van der Waals surface area contributed by atoms with Crippen LogP contribution >= 0.6 is 0 Å². The average Bonchev–Trinajstić information content (AvgIpc) is 2.18. The van der Waals surface area contributed by atoms with Gasteiger partial charge >= 0.3 is 0 Å². The van der Waals surface area contributed by atoms with Gasteiger partial charge in [0.2, 0.25) is 0 Å². The molecule has 0 aromatic rings. The number of rotatable bonds is 4. The minimum absolute atomic E-state index is 0.398. The quantitative estimate of drug-likeness (QED) is 0.805. The van der Waals surface area contributed by atoms with Crippen LogP contribution in [0.5, 0.6) is 0 Å². The van der Waals surface area contributed by atoms with E-state index in [1.54, 1.807) is 0 Å².